The predicted molar refractivity (Wildman–Crippen MR) is 57.3 cm³/mol. The molecule has 6 heteroatoms. The number of carbonyl (C=O) groups is 2. The Labute approximate surface area is 99.8 Å². The number of hydrogen-bond acceptors (Lipinski definition) is 5. The summed E-state index contributed by atoms with van der Waals surface area (Å²) < 4.78 is 15.2. The number of amides is 1. The van der Waals surface area contributed by atoms with Crippen molar-refractivity contribution in [3.63, 3.8) is 0 Å². The molecule has 2 rings (SSSR count). The average molecular weight is 243 g/mol. The van der Waals surface area contributed by atoms with Crippen LogP contribution in [0.1, 0.15) is 12.8 Å². The average Bonchev–Trinajstić information content (AvgIpc) is 2.91. The minimum atomic E-state index is -0.667. The Morgan fingerprint density at radius 1 is 1.24 bits per heavy atom. The Kier molecular flexibility index (Phi) is 3.96. The zero-order chi connectivity index (χ0) is 12.3. The quantitative estimate of drug-likeness (QED) is 0.615. The van der Waals surface area contributed by atoms with Gasteiger partial charge in [-0.1, -0.05) is 0 Å². The first-order valence-electron chi connectivity index (χ1n) is 5.82. The SMILES string of the molecule is COC(=O)C1CN(C(=O)C2CCCO2)CCO1. The molecule has 2 saturated heterocycles. The third-order valence-electron chi connectivity index (χ3n) is 3.05. The van der Waals surface area contributed by atoms with Crippen LogP contribution in [0.5, 0.6) is 0 Å². The van der Waals surface area contributed by atoms with Gasteiger partial charge in [0, 0.05) is 13.2 Å². The molecule has 2 heterocycles. The normalized spacial score (nSPS) is 29.1. The lowest BCUT2D eigenvalue weighted by Gasteiger charge is -2.32. The van der Waals surface area contributed by atoms with Crippen molar-refractivity contribution in [2.24, 2.45) is 0 Å². The summed E-state index contributed by atoms with van der Waals surface area (Å²) in [6, 6.07) is 0. The molecule has 0 aromatic carbocycles. The van der Waals surface area contributed by atoms with Crippen molar-refractivity contribution >= 4 is 11.9 Å². The number of morpholine rings is 1. The summed E-state index contributed by atoms with van der Waals surface area (Å²) in [5.74, 6) is -0.477. The van der Waals surface area contributed by atoms with Crippen LogP contribution in [0.2, 0.25) is 0 Å². The highest BCUT2D eigenvalue weighted by atomic mass is 16.6. The van der Waals surface area contributed by atoms with Crippen molar-refractivity contribution in [1.82, 2.24) is 4.90 Å². The van der Waals surface area contributed by atoms with E-state index in [1.807, 2.05) is 0 Å². The fourth-order valence-electron chi connectivity index (χ4n) is 2.10. The van der Waals surface area contributed by atoms with Gasteiger partial charge < -0.3 is 19.1 Å². The van der Waals surface area contributed by atoms with Gasteiger partial charge in [0.1, 0.15) is 6.10 Å². The number of methoxy groups -OCH3 is 1. The van der Waals surface area contributed by atoms with E-state index in [4.69, 9.17) is 9.47 Å². The van der Waals surface area contributed by atoms with Crippen LogP contribution in [0.25, 0.3) is 0 Å². The second-order valence-corrected chi connectivity index (χ2v) is 4.17. The van der Waals surface area contributed by atoms with Gasteiger partial charge in [-0.2, -0.15) is 0 Å². The largest absolute Gasteiger partial charge is 0.467 e. The molecule has 0 N–H and O–H groups in total. The number of nitrogens with zero attached hydrogens (tertiary/aromatic N) is 1. The lowest BCUT2D eigenvalue weighted by atomic mass is 10.2. The van der Waals surface area contributed by atoms with Crippen LogP contribution in [0.15, 0.2) is 0 Å². The Balaban J connectivity index is 1.92. The molecule has 2 fully saturated rings. The first-order valence-corrected chi connectivity index (χ1v) is 5.82. The van der Waals surface area contributed by atoms with Crippen LogP contribution in [-0.2, 0) is 23.8 Å². The van der Waals surface area contributed by atoms with E-state index in [0.717, 1.165) is 12.8 Å². The molecule has 0 aromatic heterocycles. The molecule has 2 unspecified atom stereocenters. The summed E-state index contributed by atoms with van der Waals surface area (Å²) >= 11 is 0. The highest BCUT2D eigenvalue weighted by Gasteiger charge is 2.34. The van der Waals surface area contributed by atoms with E-state index in [2.05, 4.69) is 4.74 Å². The van der Waals surface area contributed by atoms with E-state index < -0.39 is 12.1 Å². The standard InChI is InChI=1S/C11H17NO5/c1-15-11(14)9-7-12(4-6-17-9)10(13)8-3-2-5-16-8/h8-9H,2-7H2,1H3. The van der Waals surface area contributed by atoms with Crippen molar-refractivity contribution < 1.29 is 23.8 Å². The van der Waals surface area contributed by atoms with E-state index in [1.54, 1.807) is 4.90 Å². The van der Waals surface area contributed by atoms with Gasteiger partial charge in [0.2, 0.25) is 0 Å². The zero-order valence-corrected chi connectivity index (χ0v) is 9.89. The van der Waals surface area contributed by atoms with Crippen molar-refractivity contribution in [2.45, 2.75) is 25.0 Å². The van der Waals surface area contributed by atoms with Crippen LogP contribution in [0.3, 0.4) is 0 Å². The second-order valence-electron chi connectivity index (χ2n) is 4.17. The molecule has 0 spiro atoms. The fraction of sp³-hybridized carbons (Fsp3) is 0.818. The number of ether oxygens (including phenoxy) is 3. The summed E-state index contributed by atoms with van der Waals surface area (Å²) in [7, 11) is 1.31. The van der Waals surface area contributed by atoms with Gasteiger partial charge >= 0.3 is 5.97 Å². The molecule has 17 heavy (non-hydrogen) atoms. The highest BCUT2D eigenvalue weighted by molar-refractivity contribution is 5.82. The number of hydrogen-bond donors (Lipinski definition) is 0. The van der Waals surface area contributed by atoms with Gasteiger partial charge in [0.05, 0.1) is 20.3 Å². The molecule has 0 radical (unpaired) electrons. The number of carbonyl (C=O) groups excluding carboxylic acids is 2. The van der Waals surface area contributed by atoms with Crippen molar-refractivity contribution in [1.29, 1.82) is 0 Å². The summed E-state index contributed by atoms with van der Waals surface area (Å²) in [6.45, 7) is 1.76. The molecule has 2 aliphatic rings. The molecule has 0 aliphatic carbocycles. The van der Waals surface area contributed by atoms with Gasteiger partial charge in [-0.3, -0.25) is 4.79 Å². The van der Waals surface area contributed by atoms with Gasteiger partial charge in [0.25, 0.3) is 5.91 Å². The summed E-state index contributed by atoms with van der Waals surface area (Å²) in [5.41, 5.74) is 0. The van der Waals surface area contributed by atoms with Gasteiger partial charge in [0.15, 0.2) is 6.10 Å². The Morgan fingerprint density at radius 2 is 2.00 bits per heavy atom. The zero-order valence-electron chi connectivity index (χ0n) is 9.89. The topological polar surface area (TPSA) is 65.1 Å². The number of esters is 1. The molecule has 2 atom stereocenters. The third-order valence-corrected chi connectivity index (χ3v) is 3.05. The summed E-state index contributed by atoms with van der Waals surface area (Å²) in [4.78, 5) is 25.0. The van der Waals surface area contributed by atoms with Gasteiger partial charge in [-0.25, -0.2) is 4.79 Å². The Hall–Kier alpha value is -1.14. The highest BCUT2D eigenvalue weighted by Crippen LogP contribution is 2.17. The third kappa shape index (κ3) is 2.76. The maximum Gasteiger partial charge on any atom is 0.336 e. The van der Waals surface area contributed by atoms with Crippen LogP contribution >= 0.6 is 0 Å². The first-order chi connectivity index (χ1) is 8.22. The van der Waals surface area contributed by atoms with Crippen LogP contribution in [0.4, 0.5) is 0 Å². The lowest BCUT2D eigenvalue weighted by Crippen LogP contribution is -2.51. The van der Waals surface area contributed by atoms with Gasteiger partial charge in [-0.05, 0) is 12.8 Å². The van der Waals surface area contributed by atoms with Gasteiger partial charge in [-0.15, -0.1) is 0 Å². The molecule has 96 valence electrons. The number of rotatable bonds is 2. The predicted octanol–water partition coefficient (Wildman–Crippen LogP) is -0.434. The maximum absolute atomic E-state index is 12.1. The minimum Gasteiger partial charge on any atom is -0.467 e. The van der Waals surface area contributed by atoms with Crippen molar-refractivity contribution in [3.8, 4) is 0 Å². The smallest absolute Gasteiger partial charge is 0.336 e. The van der Waals surface area contributed by atoms with Crippen LogP contribution < -0.4 is 0 Å². The second kappa shape index (κ2) is 5.46. The molecule has 0 bridgehead atoms. The Bertz CT molecular complexity index is 300. The molecular formula is C11H17NO5. The van der Waals surface area contributed by atoms with E-state index in [-0.39, 0.29) is 18.6 Å². The molecular weight excluding hydrogens is 226 g/mol. The molecule has 6 nitrogen and oxygen atoms in total. The Morgan fingerprint density at radius 3 is 2.65 bits per heavy atom. The molecule has 2 aliphatic heterocycles. The van der Waals surface area contributed by atoms with Crippen molar-refractivity contribution in [3.05, 3.63) is 0 Å². The fourth-order valence-corrected chi connectivity index (χ4v) is 2.10. The van der Waals surface area contributed by atoms with E-state index in [0.29, 0.717) is 19.8 Å². The lowest BCUT2D eigenvalue weighted by molar-refractivity contribution is -0.164. The minimum absolute atomic E-state index is 0.0419. The monoisotopic (exact) mass is 243 g/mol. The summed E-state index contributed by atoms with van der Waals surface area (Å²) in [5, 5.41) is 0. The molecule has 0 saturated carbocycles. The van der Waals surface area contributed by atoms with Crippen LogP contribution in [-0.4, -0.2) is 62.4 Å². The van der Waals surface area contributed by atoms with Crippen LogP contribution in [0, 0.1) is 0 Å². The molecule has 1 amide bonds. The maximum atomic E-state index is 12.1. The molecule has 0 aromatic rings. The van der Waals surface area contributed by atoms with E-state index in [1.165, 1.54) is 7.11 Å². The van der Waals surface area contributed by atoms with Crippen molar-refractivity contribution in [2.75, 3.05) is 33.4 Å². The van der Waals surface area contributed by atoms with E-state index in [9.17, 15) is 9.59 Å². The summed E-state index contributed by atoms with van der Waals surface area (Å²) in [6.07, 6.45) is 0.672. The first kappa shape index (κ1) is 12.3. The van der Waals surface area contributed by atoms with E-state index >= 15 is 0 Å².